The van der Waals surface area contributed by atoms with Crippen molar-refractivity contribution in [3.63, 3.8) is 0 Å². The van der Waals surface area contributed by atoms with Gasteiger partial charge >= 0.3 is 0 Å². The molecular weight excluding hydrogens is 330 g/mol. The molecule has 1 fully saturated rings. The summed E-state index contributed by atoms with van der Waals surface area (Å²) in [6.45, 7) is 0.977. The lowest BCUT2D eigenvalue weighted by Gasteiger charge is -2.38. The molecule has 2 atom stereocenters. The number of thiophene rings is 1. The first-order chi connectivity index (χ1) is 12.2. The Bertz CT molecular complexity index is 806. The number of nitrogens with one attached hydrogen (secondary N) is 1. The van der Waals surface area contributed by atoms with Crippen LogP contribution < -0.4 is 5.32 Å². The van der Waals surface area contributed by atoms with Gasteiger partial charge in [0.15, 0.2) is 11.5 Å². The van der Waals surface area contributed by atoms with Crippen molar-refractivity contribution in [2.24, 2.45) is 5.92 Å². The highest BCUT2D eigenvalue weighted by atomic mass is 32.1. The predicted octanol–water partition coefficient (Wildman–Crippen LogP) is 4.44. The summed E-state index contributed by atoms with van der Waals surface area (Å²) in [5, 5.41) is 23.6. The van der Waals surface area contributed by atoms with Gasteiger partial charge in [-0.2, -0.15) is 0 Å². The molecule has 2 aliphatic carbocycles. The summed E-state index contributed by atoms with van der Waals surface area (Å²) in [4.78, 5) is 3.00. The molecule has 1 aliphatic heterocycles. The van der Waals surface area contributed by atoms with Crippen molar-refractivity contribution < 1.29 is 10.2 Å². The molecule has 0 radical (unpaired) electrons. The molecule has 0 unspecified atom stereocenters. The van der Waals surface area contributed by atoms with Gasteiger partial charge in [-0.3, -0.25) is 0 Å². The Hall–Kier alpha value is -1.52. The Morgan fingerprint density at radius 2 is 1.80 bits per heavy atom. The lowest BCUT2D eigenvalue weighted by molar-refractivity contribution is 0.382. The maximum Gasteiger partial charge on any atom is 0.157 e. The number of benzene rings is 1. The molecule has 3 aliphatic rings. The molecule has 2 heterocycles. The topological polar surface area (TPSA) is 52.5 Å². The Morgan fingerprint density at radius 3 is 2.64 bits per heavy atom. The van der Waals surface area contributed by atoms with Crippen LogP contribution in [0.1, 0.15) is 64.5 Å². The van der Waals surface area contributed by atoms with Crippen LogP contribution in [-0.4, -0.2) is 16.3 Å². The van der Waals surface area contributed by atoms with Gasteiger partial charge in [-0.1, -0.05) is 25.7 Å². The summed E-state index contributed by atoms with van der Waals surface area (Å²) in [7, 11) is 0. The van der Waals surface area contributed by atoms with Gasteiger partial charge in [0.1, 0.15) is 0 Å². The second kappa shape index (κ2) is 6.03. The monoisotopic (exact) mass is 355 g/mol. The zero-order chi connectivity index (χ0) is 17.0. The summed E-state index contributed by atoms with van der Waals surface area (Å²) in [6.07, 6.45) is 8.88. The molecule has 4 heteroatoms. The van der Waals surface area contributed by atoms with E-state index in [4.69, 9.17) is 0 Å². The van der Waals surface area contributed by atoms with Crippen molar-refractivity contribution in [1.82, 2.24) is 5.32 Å². The Kier molecular flexibility index (Phi) is 3.79. The molecule has 2 aromatic rings. The zero-order valence-corrected chi connectivity index (χ0v) is 15.2. The first-order valence-corrected chi connectivity index (χ1v) is 10.4. The second-order valence-electron chi connectivity index (χ2n) is 7.99. The van der Waals surface area contributed by atoms with Crippen LogP contribution in [0.2, 0.25) is 0 Å². The van der Waals surface area contributed by atoms with Crippen LogP contribution in [0.3, 0.4) is 0 Å². The quantitative estimate of drug-likeness (QED) is 0.698. The maximum atomic E-state index is 10.0. The van der Waals surface area contributed by atoms with Gasteiger partial charge < -0.3 is 15.5 Å². The van der Waals surface area contributed by atoms with Crippen molar-refractivity contribution in [2.45, 2.75) is 63.5 Å². The molecule has 3 nitrogen and oxygen atoms in total. The maximum absolute atomic E-state index is 10.0. The van der Waals surface area contributed by atoms with E-state index in [2.05, 4.69) is 11.4 Å². The van der Waals surface area contributed by atoms with E-state index in [-0.39, 0.29) is 11.5 Å². The van der Waals surface area contributed by atoms with Crippen molar-refractivity contribution in [3.05, 3.63) is 44.6 Å². The van der Waals surface area contributed by atoms with Gasteiger partial charge in [0.05, 0.1) is 0 Å². The minimum atomic E-state index is 0.00734. The predicted molar refractivity (Wildman–Crippen MR) is 101 cm³/mol. The van der Waals surface area contributed by atoms with Gasteiger partial charge in [-0.05, 0) is 60.1 Å². The molecule has 0 amide bonds. The molecule has 1 saturated carbocycles. The Labute approximate surface area is 152 Å². The third kappa shape index (κ3) is 2.67. The highest BCUT2D eigenvalue weighted by molar-refractivity contribution is 7.12. The Morgan fingerprint density at radius 1 is 1.00 bits per heavy atom. The third-order valence-electron chi connectivity index (χ3n) is 6.42. The number of hydrogen-bond donors (Lipinski definition) is 3. The number of aromatic hydroxyl groups is 2. The number of fused-ring (bicyclic) bond motifs is 5. The number of phenols is 2. The fourth-order valence-corrected chi connectivity index (χ4v) is 6.45. The molecule has 0 spiro atoms. The first-order valence-electron chi connectivity index (χ1n) is 9.58. The fourth-order valence-electron chi connectivity index (χ4n) is 5.17. The smallest absolute Gasteiger partial charge is 0.157 e. The van der Waals surface area contributed by atoms with E-state index in [1.807, 2.05) is 11.3 Å². The number of hydrogen-bond acceptors (Lipinski definition) is 4. The van der Waals surface area contributed by atoms with Gasteiger partial charge in [0.2, 0.25) is 0 Å². The van der Waals surface area contributed by atoms with E-state index in [1.54, 1.807) is 12.1 Å². The molecule has 3 N–H and O–H groups in total. The number of phenolic OH excluding ortho intramolecular Hbond substituents is 2. The van der Waals surface area contributed by atoms with Crippen LogP contribution >= 0.6 is 11.3 Å². The van der Waals surface area contributed by atoms with E-state index in [0.29, 0.717) is 12.0 Å². The summed E-state index contributed by atoms with van der Waals surface area (Å²) in [5.74, 6) is 1.21. The van der Waals surface area contributed by atoms with Crippen LogP contribution in [0.15, 0.2) is 18.2 Å². The standard InChI is InChI=1S/C21H25NO2S/c23-18-8-13-5-6-17-21(15(13)10-19(18)24)16-9-14(25-20(16)11-22-17)7-12-3-1-2-4-12/h8-10,12,17,21-24H,1-7,11H2/t17-,21+/m0/s1. The minimum Gasteiger partial charge on any atom is -0.504 e. The van der Waals surface area contributed by atoms with Crippen LogP contribution in [0.25, 0.3) is 0 Å². The van der Waals surface area contributed by atoms with Gasteiger partial charge in [0.25, 0.3) is 0 Å². The molecule has 1 aromatic heterocycles. The Balaban J connectivity index is 1.53. The highest BCUT2D eigenvalue weighted by Crippen LogP contribution is 2.46. The van der Waals surface area contributed by atoms with Crippen molar-refractivity contribution in [3.8, 4) is 11.5 Å². The highest BCUT2D eigenvalue weighted by Gasteiger charge is 2.37. The average Bonchev–Trinajstić information content (AvgIpc) is 3.25. The normalized spacial score (nSPS) is 25.4. The summed E-state index contributed by atoms with van der Waals surface area (Å²) >= 11 is 1.99. The molecule has 1 aromatic carbocycles. The summed E-state index contributed by atoms with van der Waals surface area (Å²) in [5.41, 5.74) is 3.85. The van der Waals surface area contributed by atoms with Gasteiger partial charge in [-0.25, -0.2) is 0 Å². The minimum absolute atomic E-state index is 0.00734. The van der Waals surface area contributed by atoms with Gasteiger partial charge in [0, 0.05) is 28.3 Å². The molecule has 0 saturated heterocycles. The molecule has 132 valence electrons. The summed E-state index contributed by atoms with van der Waals surface area (Å²) in [6, 6.07) is 6.46. The van der Waals surface area contributed by atoms with Crippen molar-refractivity contribution >= 4 is 11.3 Å². The average molecular weight is 356 g/mol. The molecule has 5 rings (SSSR count). The van der Waals surface area contributed by atoms with E-state index in [9.17, 15) is 10.2 Å². The molecule has 25 heavy (non-hydrogen) atoms. The van der Waals surface area contributed by atoms with Crippen LogP contribution in [0, 0.1) is 5.92 Å². The SMILES string of the molecule is Oc1cc2c(cc1O)[C@@H]1c3cc(CC4CCCC4)sc3CN[C@H]1CC2. The lowest BCUT2D eigenvalue weighted by atomic mass is 9.74. The largest absolute Gasteiger partial charge is 0.504 e. The van der Waals surface area contributed by atoms with Crippen molar-refractivity contribution in [1.29, 1.82) is 0 Å². The number of rotatable bonds is 2. The van der Waals surface area contributed by atoms with E-state index in [1.165, 1.54) is 58.5 Å². The van der Waals surface area contributed by atoms with Gasteiger partial charge in [-0.15, -0.1) is 11.3 Å². The zero-order valence-electron chi connectivity index (χ0n) is 14.4. The summed E-state index contributed by atoms with van der Waals surface area (Å²) < 4.78 is 0. The fraction of sp³-hybridized carbons (Fsp3) is 0.524. The van der Waals surface area contributed by atoms with Crippen LogP contribution in [-0.2, 0) is 19.4 Å². The first kappa shape index (κ1) is 15.7. The second-order valence-corrected chi connectivity index (χ2v) is 9.21. The van der Waals surface area contributed by atoms with Crippen LogP contribution in [0.4, 0.5) is 0 Å². The molecule has 0 bridgehead atoms. The molecular formula is C21H25NO2S. The van der Waals surface area contributed by atoms with Crippen molar-refractivity contribution in [2.75, 3.05) is 0 Å². The number of aryl methyl sites for hydroxylation is 1. The lowest BCUT2D eigenvalue weighted by Crippen LogP contribution is -2.41. The van der Waals surface area contributed by atoms with E-state index in [0.717, 1.165) is 25.3 Å². The van der Waals surface area contributed by atoms with E-state index < -0.39 is 0 Å². The van der Waals surface area contributed by atoms with Crippen LogP contribution in [0.5, 0.6) is 11.5 Å². The van der Waals surface area contributed by atoms with E-state index >= 15 is 0 Å². The third-order valence-corrected chi connectivity index (χ3v) is 7.59.